The summed E-state index contributed by atoms with van der Waals surface area (Å²) in [6, 6.07) is 3.02. The zero-order chi connectivity index (χ0) is 11.5. The Bertz CT molecular complexity index is 526. The van der Waals surface area contributed by atoms with Crippen LogP contribution in [0.2, 0.25) is 0 Å². The molecule has 0 aliphatic rings. The van der Waals surface area contributed by atoms with Gasteiger partial charge in [0.25, 0.3) is 0 Å². The van der Waals surface area contributed by atoms with Crippen molar-refractivity contribution in [2.45, 2.75) is 0 Å². The third-order valence-corrected chi connectivity index (χ3v) is 1.98. The summed E-state index contributed by atoms with van der Waals surface area (Å²) in [5.41, 5.74) is 0.248. The van der Waals surface area contributed by atoms with Crippen molar-refractivity contribution in [3.05, 3.63) is 47.8 Å². The Kier molecular flexibility index (Phi) is 2.68. The highest BCUT2D eigenvalue weighted by atomic mass is 19.1. The normalized spacial score (nSPS) is 10.1. The topological polar surface area (TPSA) is 42.9 Å². The highest BCUT2D eigenvalue weighted by molar-refractivity contribution is 5.73. The van der Waals surface area contributed by atoms with E-state index in [1.807, 2.05) is 0 Å². The van der Waals surface area contributed by atoms with E-state index in [4.69, 9.17) is 0 Å². The van der Waals surface area contributed by atoms with Gasteiger partial charge in [0.15, 0.2) is 12.1 Å². The van der Waals surface area contributed by atoms with Crippen molar-refractivity contribution >= 4 is 6.29 Å². The zero-order valence-corrected chi connectivity index (χ0v) is 8.02. The van der Waals surface area contributed by atoms with Gasteiger partial charge < -0.3 is 0 Å². The van der Waals surface area contributed by atoms with E-state index in [9.17, 15) is 13.6 Å². The van der Waals surface area contributed by atoms with Gasteiger partial charge in [0.05, 0.1) is 11.1 Å². The predicted molar refractivity (Wildman–Crippen MR) is 52.8 cm³/mol. The highest BCUT2D eigenvalue weighted by Gasteiger charge is 2.08. The van der Waals surface area contributed by atoms with Crippen LogP contribution >= 0.6 is 0 Å². The summed E-state index contributed by atoms with van der Waals surface area (Å²) >= 11 is 0. The van der Waals surface area contributed by atoms with Gasteiger partial charge in [-0.2, -0.15) is 0 Å². The van der Waals surface area contributed by atoms with Gasteiger partial charge in [0, 0.05) is 12.4 Å². The van der Waals surface area contributed by atoms with Crippen LogP contribution in [0.1, 0.15) is 10.4 Å². The Morgan fingerprint density at radius 3 is 2.44 bits per heavy atom. The average Bonchev–Trinajstić information content (AvgIpc) is 2.32. The first-order valence-electron chi connectivity index (χ1n) is 4.43. The number of halogens is 2. The summed E-state index contributed by atoms with van der Waals surface area (Å²) in [6.45, 7) is 0. The van der Waals surface area contributed by atoms with Crippen LogP contribution in [0, 0.1) is 11.6 Å². The molecule has 2 aromatic rings. The molecule has 1 aromatic carbocycles. The lowest BCUT2D eigenvalue weighted by Crippen LogP contribution is -1.94. The molecule has 0 unspecified atom stereocenters. The predicted octanol–water partition coefficient (Wildman–Crippen LogP) is 2.23. The summed E-state index contributed by atoms with van der Waals surface area (Å²) in [5, 5.41) is 0. The first-order valence-corrected chi connectivity index (χ1v) is 4.43. The molecule has 0 fully saturated rings. The van der Waals surface area contributed by atoms with Gasteiger partial charge >= 0.3 is 0 Å². The second kappa shape index (κ2) is 4.14. The van der Waals surface area contributed by atoms with Gasteiger partial charge in [0.2, 0.25) is 0 Å². The third-order valence-electron chi connectivity index (χ3n) is 1.98. The van der Waals surface area contributed by atoms with Gasteiger partial charge in [0.1, 0.15) is 11.6 Å². The van der Waals surface area contributed by atoms with Crippen molar-refractivity contribution < 1.29 is 13.6 Å². The maximum absolute atomic E-state index is 13.3. The molecular formula is C11H6F2N2O. The SMILES string of the molecule is O=Cc1cnc(-c2cc(F)ccc2F)nc1. The van der Waals surface area contributed by atoms with E-state index in [0.29, 0.717) is 6.29 Å². The van der Waals surface area contributed by atoms with Crippen molar-refractivity contribution in [3.63, 3.8) is 0 Å². The van der Waals surface area contributed by atoms with Gasteiger partial charge in [-0.25, -0.2) is 18.7 Å². The van der Waals surface area contributed by atoms with Gasteiger partial charge in [-0.15, -0.1) is 0 Å². The summed E-state index contributed by atoms with van der Waals surface area (Å²) in [4.78, 5) is 17.9. The summed E-state index contributed by atoms with van der Waals surface area (Å²) < 4.78 is 26.2. The fraction of sp³-hybridized carbons (Fsp3) is 0. The fourth-order valence-corrected chi connectivity index (χ4v) is 1.21. The van der Waals surface area contributed by atoms with Crippen molar-refractivity contribution in [2.24, 2.45) is 0 Å². The van der Waals surface area contributed by atoms with Crippen LogP contribution in [0.25, 0.3) is 11.4 Å². The molecule has 2 rings (SSSR count). The molecule has 0 bridgehead atoms. The first kappa shape index (κ1) is 10.4. The molecule has 0 N–H and O–H groups in total. The summed E-state index contributed by atoms with van der Waals surface area (Å²) in [7, 11) is 0. The maximum Gasteiger partial charge on any atom is 0.162 e. The quantitative estimate of drug-likeness (QED) is 0.729. The molecule has 0 spiro atoms. The van der Waals surface area contributed by atoms with Gasteiger partial charge in [-0.1, -0.05) is 0 Å². The van der Waals surface area contributed by atoms with E-state index in [1.54, 1.807) is 0 Å². The minimum absolute atomic E-state index is 0.0301. The van der Waals surface area contributed by atoms with E-state index < -0.39 is 11.6 Å². The Morgan fingerprint density at radius 1 is 1.12 bits per heavy atom. The van der Waals surface area contributed by atoms with E-state index in [0.717, 1.165) is 18.2 Å². The molecule has 80 valence electrons. The number of nitrogens with zero attached hydrogens (tertiary/aromatic N) is 2. The van der Waals surface area contributed by atoms with Gasteiger partial charge in [-0.05, 0) is 18.2 Å². The minimum Gasteiger partial charge on any atom is -0.298 e. The summed E-state index contributed by atoms with van der Waals surface area (Å²) in [5.74, 6) is -1.14. The number of carbonyl (C=O) groups excluding carboxylic acids is 1. The molecule has 16 heavy (non-hydrogen) atoms. The van der Waals surface area contributed by atoms with Crippen LogP contribution in [-0.4, -0.2) is 16.3 Å². The second-order valence-electron chi connectivity index (χ2n) is 3.08. The van der Waals surface area contributed by atoms with Crippen molar-refractivity contribution in [2.75, 3.05) is 0 Å². The van der Waals surface area contributed by atoms with Gasteiger partial charge in [-0.3, -0.25) is 4.79 Å². The Morgan fingerprint density at radius 2 is 1.81 bits per heavy atom. The first-order chi connectivity index (χ1) is 7.70. The van der Waals surface area contributed by atoms with Crippen molar-refractivity contribution in [1.29, 1.82) is 0 Å². The average molecular weight is 220 g/mol. The van der Waals surface area contributed by atoms with Crippen LogP contribution in [-0.2, 0) is 0 Å². The number of benzene rings is 1. The molecular weight excluding hydrogens is 214 g/mol. The molecule has 0 aliphatic heterocycles. The number of hydrogen-bond donors (Lipinski definition) is 0. The molecule has 5 heteroatoms. The van der Waals surface area contributed by atoms with E-state index in [1.165, 1.54) is 12.4 Å². The highest BCUT2D eigenvalue weighted by Crippen LogP contribution is 2.19. The number of hydrogen-bond acceptors (Lipinski definition) is 3. The number of aldehydes is 1. The minimum atomic E-state index is -0.611. The van der Waals surface area contributed by atoms with Crippen LogP contribution in [0.4, 0.5) is 8.78 Å². The molecule has 3 nitrogen and oxygen atoms in total. The molecule has 0 atom stereocenters. The summed E-state index contributed by atoms with van der Waals surface area (Å²) in [6.07, 6.45) is 3.07. The van der Waals surface area contributed by atoms with Crippen molar-refractivity contribution in [3.8, 4) is 11.4 Å². The molecule has 0 saturated carbocycles. The molecule has 1 heterocycles. The van der Waals surface area contributed by atoms with E-state index >= 15 is 0 Å². The van der Waals surface area contributed by atoms with E-state index in [2.05, 4.69) is 9.97 Å². The maximum atomic E-state index is 13.3. The lowest BCUT2D eigenvalue weighted by atomic mass is 10.2. The fourth-order valence-electron chi connectivity index (χ4n) is 1.21. The molecule has 0 saturated heterocycles. The van der Waals surface area contributed by atoms with Crippen LogP contribution < -0.4 is 0 Å². The molecule has 0 radical (unpaired) electrons. The standard InChI is InChI=1S/C11H6F2N2O/c12-8-1-2-10(13)9(3-8)11-14-4-7(6-16)5-15-11/h1-6H. The lowest BCUT2D eigenvalue weighted by Gasteiger charge is -2.01. The van der Waals surface area contributed by atoms with Crippen LogP contribution in [0.5, 0.6) is 0 Å². The molecule has 1 aromatic heterocycles. The number of rotatable bonds is 2. The Balaban J connectivity index is 2.49. The Labute approximate surface area is 89.8 Å². The second-order valence-corrected chi connectivity index (χ2v) is 3.08. The molecule has 0 amide bonds. The molecule has 0 aliphatic carbocycles. The number of aromatic nitrogens is 2. The largest absolute Gasteiger partial charge is 0.298 e. The third kappa shape index (κ3) is 1.93. The number of carbonyl (C=O) groups is 1. The van der Waals surface area contributed by atoms with E-state index in [-0.39, 0.29) is 17.0 Å². The van der Waals surface area contributed by atoms with Crippen LogP contribution in [0.15, 0.2) is 30.6 Å². The monoisotopic (exact) mass is 220 g/mol. The smallest absolute Gasteiger partial charge is 0.162 e. The van der Waals surface area contributed by atoms with Crippen molar-refractivity contribution in [1.82, 2.24) is 9.97 Å². The Hall–Kier alpha value is -2.17. The van der Waals surface area contributed by atoms with Crippen LogP contribution in [0.3, 0.4) is 0 Å². The zero-order valence-electron chi connectivity index (χ0n) is 8.02. The lowest BCUT2D eigenvalue weighted by molar-refractivity contribution is 0.112.